The molecule has 0 saturated heterocycles. The summed E-state index contributed by atoms with van der Waals surface area (Å²) >= 11 is 0. The summed E-state index contributed by atoms with van der Waals surface area (Å²) < 4.78 is 0. The second-order valence-electron chi connectivity index (χ2n) is 5.96. The zero-order valence-corrected chi connectivity index (χ0v) is 12.4. The molecule has 0 N–H and O–H groups in total. The largest absolute Gasteiger partial charge is 0.236 e. The molecule has 0 fully saturated rings. The lowest BCUT2D eigenvalue weighted by atomic mass is 9.89. The molecule has 0 spiro atoms. The van der Waals surface area contributed by atoms with Crippen LogP contribution in [0.25, 0.3) is 11.4 Å². The first kappa shape index (κ1) is 13.3. The van der Waals surface area contributed by atoms with Gasteiger partial charge < -0.3 is 0 Å². The van der Waals surface area contributed by atoms with Gasteiger partial charge in [0.2, 0.25) is 0 Å². The molecule has 1 aromatic heterocycles. The van der Waals surface area contributed by atoms with Gasteiger partial charge in [-0.2, -0.15) is 0 Å². The van der Waals surface area contributed by atoms with Gasteiger partial charge in [0, 0.05) is 17.5 Å². The van der Waals surface area contributed by atoms with E-state index in [-0.39, 0.29) is 0 Å². The van der Waals surface area contributed by atoms with Gasteiger partial charge >= 0.3 is 0 Å². The predicted octanol–water partition coefficient (Wildman–Crippen LogP) is 4.22. The topological polar surface area (TPSA) is 25.8 Å². The summed E-state index contributed by atoms with van der Waals surface area (Å²) in [5, 5.41) is 0. The Hall–Kier alpha value is -1.70. The van der Waals surface area contributed by atoms with Gasteiger partial charge in [-0.05, 0) is 42.7 Å². The lowest BCUT2D eigenvalue weighted by molar-refractivity contribution is 0.492. The fourth-order valence-corrected chi connectivity index (χ4v) is 2.94. The minimum atomic E-state index is 0.769. The number of hydrogen-bond donors (Lipinski definition) is 0. The van der Waals surface area contributed by atoms with Crippen molar-refractivity contribution >= 4 is 0 Å². The van der Waals surface area contributed by atoms with Crippen molar-refractivity contribution in [3.63, 3.8) is 0 Å². The van der Waals surface area contributed by atoms with Crippen LogP contribution in [0.15, 0.2) is 30.5 Å². The Morgan fingerprint density at radius 3 is 2.75 bits per heavy atom. The highest BCUT2D eigenvalue weighted by molar-refractivity contribution is 5.55. The van der Waals surface area contributed by atoms with E-state index in [1.165, 1.54) is 29.7 Å². The van der Waals surface area contributed by atoms with Crippen LogP contribution in [-0.2, 0) is 19.3 Å². The maximum Gasteiger partial charge on any atom is 0.159 e. The monoisotopic (exact) mass is 266 g/mol. The maximum atomic E-state index is 4.78. The molecule has 0 amide bonds. The van der Waals surface area contributed by atoms with Crippen LogP contribution in [0.3, 0.4) is 0 Å². The molecule has 1 aromatic carbocycles. The van der Waals surface area contributed by atoms with Crippen molar-refractivity contribution in [3.8, 4) is 11.4 Å². The molecule has 3 rings (SSSR count). The first-order valence-electron chi connectivity index (χ1n) is 7.70. The summed E-state index contributed by atoms with van der Waals surface area (Å²) in [7, 11) is 0. The van der Waals surface area contributed by atoms with Crippen LogP contribution in [0, 0.1) is 5.92 Å². The van der Waals surface area contributed by atoms with Crippen molar-refractivity contribution in [1.82, 2.24) is 9.97 Å². The minimum Gasteiger partial charge on any atom is -0.236 e. The molecule has 1 aliphatic rings. The maximum absolute atomic E-state index is 4.78. The Balaban J connectivity index is 1.87. The Bertz CT molecular complexity index is 587. The van der Waals surface area contributed by atoms with Crippen molar-refractivity contribution < 1.29 is 0 Å². The van der Waals surface area contributed by atoms with E-state index in [0.717, 1.165) is 36.6 Å². The first-order valence-corrected chi connectivity index (χ1v) is 7.70. The van der Waals surface area contributed by atoms with Gasteiger partial charge in [-0.3, -0.25) is 0 Å². The van der Waals surface area contributed by atoms with Gasteiger partial charge in [0.05, 0.1) is 0 Å². The van der Waals surface area contributed by atoms with Crippen LogP contribution in [-0.4, -0.2) is 9.97 Å². The SMILES string of the molecule is CCCc1ccc(-c2ncc3c(n2)CCC(C)C3)cc1. The number of rotatable bonds is 3. The molecular formula is C18H22N2. The third-order valence-corrected chi connectivity index (χ3v) is 4.15. The van der Waals surface area contributed by atoms with Gasteiger partial charge in [0.15, 0.2) is 5.82 Å². The fourth-order valence-electron chi connectivity index (χ4n) is 2.94. The molecule has 2 nitrogen and oxygen atoms in total. The van der Waals surface area contributed by atoms with E-state index in [9.17, 15) is 0 Å². The van der Waals surface area contributed by atoms with Crippen molar-refractivity contribution in [2.75, 3.05) is 0 Å². The summed E-state index contributed by atoms with van der Waals surface area (Å²) in [5.74, 6) is 1.65. The van der Waals surface area contributed by atoms with Crippen LogP contribution in [0.5, 0.6) is 0 Å². The zero-order chi connectivity index (χ0) is 13.9. The molecule has 0 saturated carbocycles. The molecule has 104 valence electrons. The standard InChI is InChI=1S/C18H22N2/c1-3-4-14-6-8-15(9-7-14)18-19-12-16-11-13(2)5-10-17(16)20-18/h6-9,12-13H,3-5,10-11H2,1-2H3. The molecule has 0 radical (unpaired) electrons. The zero-order valence-electron chi connectivity index (χ0n) is 12.4. The van der Waals surface area contributed by atoms with Gasteiger partial charge in [0.25, 0.3) is 0 Å². The Kier molecular flexibility index (Phi) is 3.81. The Morgan fingerprint density at radius 1 is 1.20 bits per heavy atom. The lowest BCUT2D eigenvalue weighted by Crippen LogP contribution is -2.14. The van der Waals surface area contributed by atoms with Gasteiger partial charge in [-0.1, -0.05) is 44.5 Å². The highest BCUT2D eigenvalue weighted by Gasteiger charge is 2.17. The predicted molar refractivity (Wildman–Crippen MR) is 82.7 cm³/mol. The summed E-state index contributed by atoms with van der Waals surface area (Å²) in [6, 6.07) is 8.70. The molecule has 0 bridgehead atoms. The van der Waals surface area contributed by atoms with E-state index < -0.39 is 0 Å². The number of fused-ring (bicyclic) bond motifs is 1. The summed E-state index contributed by atoms with van der Waals surface area (Å²) in [4.78, 5) is 9.34. The highest BCUT2D eigenvalue weighted by atomic mass is 14.9. The molecule has 1 unspecified atom stereocenters. The second-order valence-corrected chi connectivity index (χ2v) is 5.96. The molecule has 1 aliphatic carbocycles. The van der Waals surface area contributed by atoms with Crippen LogP contribution < -0.4 is 0 Å². The van der Waals surface area contributed by atoms with E-state index in [1.807, 2.05) is 6.20 Å². The first-order chi connectivity index (χ1) is 9.76. The molecule has 1 heterocycles. The van der Waals surface area contributed by atoms with Crippen LogP contribution in [0.4, 0.5) is 0 Å². The van der Waals surface area contributed by atoms with Crippen LogP contribution >= 0.6 is 0 Å². The van der Waals surface area contributed by atoms with Crippen LogP contribution in [0.1, 0.15) is 43.5 Å². The second kappa shape index (κ2) is 5.74. The van der Waals surface area contributed by atoms with Crippen molar-refractivity contribution in [2.24, 2.45) is 5.92 Å². The molecule has 2 heteroatoms. The van der Waals surface area contributed by atoms with Crippen LogP contribution in [0.2, 0.25) is 0 Å². The third kappa shape index (κ3) is 2.74. The Labute approximate surface area is 121 Å². The van der Waals surface area contributed by atoms with E-state index in [1.54, 1.807) is 0 Å². The number of nitrogens with zero attached hydrogens (tertiary/aromatic N) is 2. The fraction of sp³-hybridized carbons (Fsp3) is 0.444. The van der Waals surface area contributed by atoms with E-state index in [4.69, 9.17) is 4.98 Å². The summed E-state index contributed by atoms with van der Waals surface area (Å²) in [6.07, 6.45) is 7.84. The summed E-state index contributed by atoms with van der Waals surface area (Å²) in [6.45, 7) is 4.52. The normalized spacial score (nSPS) is 17.8. The minimum absolute atomic E-state index is 0.769. The van der Waals surface area contributed by atoms with E-state index in [0.29, 0.717) is 0 Å². The Morgan fingerprint density at radius 2 is 2.00 bits per heavy atom. The van der Waals surface area contributed by atoms with Crippen molar-refractivity contribution in [1.29, 1.82) is 0 Å². The molecule has 1 atom stereocenters. The quantitative estimate of drug-likeness (QED) is 0.831. The summed E-state index contributed by atoms with van der Waals surface area (Å²) in [5.41, 5.74) is 5.12. The lowest BCUT2D eigenvalue weighted by Gasteiger charge is -2.20. The van der Waals surface area contributed by atoms with Crippen molar-refractivity contribution in [2.45, 2.75) is 46.0 Å². The highest BCUT2D eigenvalue weighted by Crippen LogP contribution is 2.25. The van der Waals surface area contributed by atoms with Gasteiger partial charge in [-0.15, -0.1) is 0 Å². The average molecular weight is 266 g/mol. The van der Waals surface area contributed by atoms with E-state index in [2.05, 4.69) is 43.1 Å². The number of aryl methyl sites for hydroxylation is 2. The smallest absolute Gasteiger partial charge is 0.159 e. The third-order valence-electron chi connectivity index (χ3n) is 4.15. The molecular weight excluding hydrogens is 244 g/mol. The molecule has 20 heavy (non-hydrogen) atoms. The number of hydrogen-bond acceptors (Lipinski definition) is 2. The molecule has 0 aliphatic heterocycles. The average Bonchev–Trinajstić information content (AvgIpc) is 2.48. The van der Waals surface area contributed by atoms with Crippen molar-refractivity contribution in [3.05, 3.63) is 47.3 Å². The number of benzene rings is 1. The number of aromatic nitrogens is 2. The van der Waals surface area contributed by atoms with Gasteiger partial charge in [0.1, 0.15) is 0 Å². The van der Waals surface area contributed by atoms with E-state index >= 15 is 0 Å². The van der Waals surface area contributed by atoms with Gasteiger partial charge in [-0.25, -0.2) is 9.97 Å². The molecule has 2 aromatic rings.